The van der Waals surface area contributed by atoms with Gasteiger partial charge in [0.05, 0.1) is 10.8 Å². The lowest BCUT2D eigenvalue weighted by Crippen LogP contribution is -2.24. The first-order valence-corrected chi connectivity index (χ1v) is 11.6. The number of carbonyl (C=O) groups excluding carboxylic acids is 1. The highest BCUT2D eigenvalue weighted by atomic mass is 32.2. The van der Waals surface area contributed by atoms with Crippen molar-refractivity contribution in [3.63, 3.8) is 0 Å². The van der Waals surface area contributed by atoms with Gasteiger partial charge in [-0.2, -0.15) is 0 Å². The maximum Gasteiger partial charge on any atom is 0.237 e. The van der Waals surface area contributed by atoms with Crippen LogP contribution in [0, 0.1) is 5.82 Å². The molecule has 7 nitrogen and oxygen atoms in total. The summed E-state index contributed by atoms with van der Waals surface area (Å²) in [6.45, 7) is 2.11. The van der Waals surface area contributed by atoms with Crippen molar-refractivity contribution in [2.45, 2.75) is 23.8 Å². The summed E-state index contributed by atoms with van der Waals surface area (Å²) in [4.78, 5) is 22.3. The number of hydrogen-bond acceptors (Lipinski definition) is 7. The van der Waals surface area contributed by atoms with E-state index in [4.69, 9.17) is 9.47 Å². The number of ether oxygens (including phenoxy) is 2. The minimum absolute atomic E-state index is 0.156. The standard InChI is InChI=1S/C25H21FN4O3S/c1-2-22(24(31)28-17-11-12-20-21(13-17)33-14-32-20)34-25-29-19-6-4-3-5-18(19)23(30-25)27-16-9-7-15(26)8-10-16/h3-13,22H,2,14H2,1H3,(H,28,31)(H,27,29,30)/t22-/m0/s1. The smallest absolute Gasteiger partial charge is 0.237 e. The van der Waals surface area contributed by atoms with Gasteiger partial charge in [0.25, 0.3) is 0 Å². The van der Waals surface area contributed by atoms with E-state index in [1.165, 1.54) is 23.9 Å². The summed E-state index contributed by atoms with van der Waals surface area (Å²) < 4.78 is 24.0. The molecule has 0 radical (unpaired) electrons. The maximum absolute atomic E-state index is 13.3. The van der Waals surface area contributed by atoms with Crippen LogP contribution in [0.1, 0.15) is 13.3 Å². The van der Waals surface area contributed by atoms with Crippen LogP contribution in [0.25, 0.3) is 10.9 Å². The molecule has 1 aliphatic heterocycles. The largest absolute Gasteiger partial charge is 0.454 e. The van der Waals surface area contributed by atoms with E-state index < -0.39 is 5.25 Å². The number of nitrogens with zero attached hydrogens (tertiary/aromatic N) is 2. The zero-order chi connectivity index (χ0) is 23.5. The van der Waals surface area contributed by atoms with Gasteiger partial charge in [-0.1, -0.05) is 30.8 Å². The predicted molar refractivity (Wildman–Crippen MR) is 130 cm³/mol. The second kappa shape index (κ2) is 9.56. The minimum atomic E-state index is -0.412. The number of halogens is 1. The fourth-order valence-electron chi connectivity index (χ4n) is 3.52. The molecule has 0 saturated heterocycles. The van der Waals surface area contributed by atoms with E-state index >= 15 is 0 Å². The minimum Gasteiger partial charge on any atom is -0.454 e. The summed E-state index contributed by atoms with van der Waals surface area (Å²) >= 11 is 1.29. The number of amides is 1. The Labute approximate surface area is 199 Å². The summed E-state index contributed by atoms with van der Waals surface area (Å²) in [7, 11) is 0. The molecule has 0 spiro atoms. The van der Waals surface area contributed by atoms with Crippen LogP contribution in [0.3, 0.4) is 0 Å². The van der Waals surface area contributed by atoms with Crippen molar-refractivity contribution in [2.75, 3.05) is 17.4 Å². The second-order valence-electron chi connectivity index (χ2n) is 7.58. The van der Waals surface area contributed by atoms with Crippen LogP contribution in [0.4, 0.5) is 21.6 Å². The first-order chi connectivity index (χ1) is 16.6. The molecule has 1 atom stereocenters. The van der Waals surface area contributed by atoms with E-state index in [-0.39, 0.29) is 18.5 Å². The lowest BCUT2D eigenvalue weighted by Gasteiger charge is -2.16. The maximum atomic E-state index is 13.3. The first-order valence-electron chi connectivity index (χ1n) is 10.8. The van der Waals surface area contributed by atoms with E-state index in [1.54, 1.807) is 30.3 Å². The van der Waals surface area contributed by atoms with Gasteiger partial charge < -0.3 is 20.1 Å². The van der Waals surface area contributed by atoms with E-state index in [2.05, 4.69) is 20.6 Å². The van der Waals surface area contributed by atoms with Gasteiger partial charge in [-0.05, 0) is 55.0 Å². The summed E-state index contributed by atoms with van der Waals surface area (Å²) in [5.41, 5.74) is 2.08. The summed E-state index contributed by atoms with van der Waals surface area (Å²) in [6, 6.07) is 19.0. The monoisotopic (exact) mass is 476 g/mol. The van der Waals surface area contributed by atoms with Crippen LogP contribution in [0.2, 0.25) is 0 Å². The van der Waals surface area contributed by atoms with E-state index in [1.807, 2.05) is 31.2 Å². The van der Waals surface area contributed by atoms with Crippen LogP contribution in [0.5, 0.6) is 11.5 Å². The topological polar surface area (TPSA) is 85.4 Å². The molecule has 4 aromatic rings. The van der Waals surface area contributed by atoms with Crippen molar-refractivity contribution < 1.29 is 18.7 Å². The molecule has 1 aliphatic rings. The Kier molecular flexibility index (Phi) is 6.18. The Bertz CT molecular complexity index is 1350. The Morgan fingerprint density at radius 3 is 2.62 bits per heavy atom. The average Bonchev–Trinajstić information content (AvgIpc) is 3.32. The number of nitrogens with one attached hydrogen (secondary N) is 2. The van der Waals surface area contributed by atoms with Gasteiger partial charge in [0.2, 0.25) is 12.7 Å². The fraction of sp³-hybridized carbons (Fsp3) is 0.160. The number of para-hydroxylation sites is 1. The average molecular weight is 477 g/mol. The van der Waals surface area contributed by atoms with Gasteiger partial charge in [-0.3, -0.25) is 4.79 Å². The number of aromatic nitrogens is 2. The fourth-order valence-corrected chi connectivity index (χ4v) is 4.40. The summed E-state index contributed by atoms with van der Waals surface area (Å²) in [5, 5.41) is 7.06. The third-order valence-corrected chi connectivity index (χ3v) is 6.47. The third-order valence-electron chi connectivity index (χ3n) is 5.24. The van der Waals surface area contributed by atoms with E-state index in [0.29, 0.717) is 40.3 Å². The Hall–Kier alpha value is -3.85. The van der Waals surface area contributed by atoms with Gasteiger partial charge in [0.15, 0.2) is 16.7 Å². The Balaban J connectivity index is 1.38. The van der Waals surface area contributed by atoms with Crippen LogP contribution < -0.4 is 20.1 Å². The molecule has 0 saturated carbocycles. The summed E-state index contributed by atoms with van der Waals surface area (Å²) in [5.74, 6) is 1.38. The molecule has 0 aliphatic carbocycles. The Morgan fingerprint density at radius 1 is 1.03 bits per heavy atom. The first kappa shape index (κ1) is 22.0. The molecule has 2 heterocycles. The van der Waals surface area contributed by atoms with Gasteiger partial charge in [-0.25, -0.2) is 14.4 Å². The molecule has 3 aromatic carbocycles. The molecule has 2 N–H and O–H groups in total. The van der Waals surface area contributed by atoms with Crippen molar-refractivity contribution in [2.24, 2.45) is 0 Å². The van der Waals surface area contributed by atoms with Gasteiger partial charge in [0.1, 0.15) is 11.6 Å². The molecule has 0 bridgehead atoms. The SMILES string of the molecule is CC[C@H](Sc1nc(Nc2ccc(F)cc2)c2ccccc2n1)C(=O)Nc1ccc2c(c1)OCO2. The van der Waals surface area contributed by atoms with Crippen LogP contribution in [0.15, 0.2) is 71.9 Å². The number of anilines is 3. The molecule has 5 rings (SSSR count). The summed E-state index contributed by atoms with van der Waals surface area (Å²) in [6.07, 6.45) is 0.581. The van der Waals surface area contributed by atoms with Crippen molar-refractivity contribution in [1.29, 1.82) is 0 Å². The molecule has 0 unspecified atom stereocenters. The number of carbonyl (C=O) groups is 1. The van der Waals surface area contributed by atoms with Crippen molar-refractivity contribution in [1.82, 2.24) is 9.97 Å². The zero-order valence-electron chi connectivity index (χ0n) is 18.2. The van der Waals surface area contributed by atoms with Gasteiger partial charge in [-0.15, -0.1) is 0 Å². The Morgan fingerprint density at radius 2 is 1.79 bits per heavy atom. The normalized spacial score (nSPS) is 13.0. The van der Waals surface area contributed by atoms with E-state index in [0.717, 1.165) is 10.9 Å². The number of benzene rings is 3. The quantitative estimate of drug-likeness (QED) is 0.259. The van der Waals surface area contributed by atoms with Crippen molar-refractivity contribution in [3.05, 3.63) is 72.5 Å². The number of rotatable bonds is 7. The van der Waals surface area contributed by atoms with Crippen molar-refractivity contribution >= 4 is 45.8 Å². The zero-order valence-corrected chi connectivity index (χ0v) is 19.1. The molecular weight excluding hydrogens is 455 g/mol. The van der Waals surface area contributed by atoms with Crippen LogP contribution >= 0.6 is 11.8 Å². The van der Waals surface area contributed by atoms with Gasteiger partial charge >= 0.3 is 0 Å². The van der Waals surface area contributed by atoms with Crippen LogP contribution in [-0.2, 0) is 4.79 Å². The highest BCUT2D eigenvalue weighted by molar-refractivity contribution is 8.00. The number of hydrogen-bond donors (Lipinski definition) is 2. The predicted octanol–water partition coefficient (Wildman–Crippen LogP) is 5.75. The van der Waals surface area contributed by atoms with Crippen LogP contribution in [-0.4, -0.2) is 27.9 Å². The molecule has 9 heteroatoms. The molecular formula is C25H21FN4O3S. The molecule has 1 amide bonds. The molecule has 172 valence electrons. The third kappa shape index (κ3) is 4.74. The second-order valence-corrected chi connectivity index (χ2v) is 8.75. The van der Waals surface area contributed by atoms with Gasteiger partial charge in [0, 0.05) is 22.8 Å². The molecule has 1 aromatic heterocycles. The number of fused-ring (bicyclic) bond motifs is 2. The molecule has 34 heavy (non-hydrogen) atoms. The van der Waals surface area contributed by atoms with Crippen molar-refractivity contribution in [3.8, 4) is 11.5 Å². The lowest BCUT2D eigenvalue weighted by atomic mass is 10.2. The molecule has 0 fully saturated rings. The lowest BCUT2D eigenvalue weighted by molar-refractivity contribution is -0.115. The number of thioether (sulfide) groups is 1. The highest BCUT2D eigenvalue weighted by Gasteiger charge is 2.22. The van der Waals surface area contributed by atoms with E-state index in [9.17, 15) is 9.18 Å². The highest BCUT2D eigenvalue weighted by Crippen LogP contribution is 2.35.